The van der Waals surface area contributed by atoms with Crippen LogP contribution in [-0.2, 0) is 0 Å². The van der Waals surface area contributed by atoms with Gasteiger partial charge in [-0.3, -0.25) is 0 Å². The zero-order valence-electron chi connectivity index (χ0n) is 9.07. The maximum absolute atomic E-state index is 9.50. The average Bonchev–Trinajstić information content (AvgIpc) is 2.16. The van der Waals surface area contributed by atoms with E-state index >= 15 is 0 Å². The minimum absolute atomic E-state index is 0.0525. The molecule has 0 spiro atoms. The minimum atomic E-state index is -1.93. The maximum Gasteiger partial charge on any atom is 0.374 e. The molecule has 14 heavy (non-hydrogen) atoms. The van der Waals surface area contributed by atoms with Crippen LogP contribution in [0.3, 0.4) is 0 Å². The first-order valence-corrected chi connectivity index (χ1v) is 6.79. The van der Waals surface area contributed by atoms with Crippen molar-refractivity contribution in [2.75, 3.05) is 6.35 Å². The molecule has 0 aromatic heterocycles. The van der Waals surface area contributed by atoms with Crippen molar-refractivity contribution in [3.8, 4) is 0 Å². The Hall–Kier alpha value is -0.325. The smallest absolute Gasteiger partial charge is 0.363 e. The van der Waals surface area contributed by atoms with E-state index in [9.17, 15) is 5.11 Å². The van der Waals surface area contributed by atoms with Gasteiger partial charge in [0.05, 0.1) is 10.5 Å². The molecule has 2 radical (unpaired) electrons. The first-order chi connectivity index (χ1) is 6.42. The van der Waals surface area contributed by atoms with Crippen LogP contribution in [0.5, 0.6) is 0 Å². The van der Waals surface area contributed by atoms with E-state index in [0.717, 1.165) is 5.30 Å². The van der Waals surface area contributed by atoms with E-state index in [2.05, 4.69) is 20.8 Å². The summed E-state index contributed by atoms with van der Waals surface area (Å²) in [5, 5.41) is 10.5. The lowest BCUT2D eigenvalue weighted by molar-refractivity contribution is 0.367. The van der Waals surface area contributed by atoms with Crippen LogP contribution < -0.4 is 5.30 Å². The summed E-state index contributed by atoms with van der Waals surface area (Å²) in [4.78, 5) is 0. The summed E-state index contributed by atoms with van der Waals surface area (Å²) in [5.41, 5.74) is 0. The van der Waals surface area contributed by atoms with Gasteiger partial charge in [-0.2, -0.15) is 0 Å². The van der Waals surface area contributed by atoms with Crippen molar-refractivity contribution in [1.29, 1.82) is 0 Å². The predicted octanol–water partition coefficient (Wildman–Crippen LogP) is 2.16. The lowest BCUT2D eigenvalue weighted by atomic mass is 10.2. The molecule has 0 aliphatic carbocycles. The first kappa shape index (κ1) is 11.7. The van der Waals surface area contributed by atoms with Crippen molar-refractivity contribution in [2.45, 2.75) is 25.9 Å². The molecule has 3 heteroatoms. The van der Waals surface area contributed by atoms with Crippen molar-refractivity contribution in [3.63, 3.8) is 0 Å². The van der Waals surface area contributed by atoms with Gasteiger partial charge in [0.2, 0.25) is 0 Å². The zero-order valence-corrected chi connectivity index (χ0v) is 9.96. The fraction of sp³-hybridized carbons (Fsp3) is 0.455. The molecular formula is C11H17BOP+. The molecule has 1 N–H and O–H groups in total. The fourth-order valence-electron chi connectivity index (χ4n) is 1.38. The Kier molecular flexibility index (Phi) is 3.39. The average molecular weight is 207 g/mol. The fourth-order valence-corrected chi connectivity index (χ4v) is 3.44. The number of hydrogen-bond donors (Lipinski definition) is 1. The molecule has 0 aliphatic rings. The van der Waals surface area contributed by atoms with Crippen LogP contribution in [0.1, 0.15) is 20.8 Å². The van der Waals surface area contributed by atoms with Crippen LogP contribution in [0.15, 0.2) is 30.3 Å². The van der Waals surface area contributed by atoms with Gasteiger partial charge in [0.15, 0.2) is 0 Å². The molecule has 0 saturated carbocycles. The largest absolute Gasteiger partial charge is 0.374 e. The molecule has 1 atom stereocenters. The van der Waals surface area contributed by atoms with Gasteiger partial charge in [-0.15, -0.1) is 0 Å². The summed E-state index contributed by atoms with van der Waals surface area (Å²) in [6.45, 7) is 6.26. The lowest BCUT2D eigenvalue weighted by Gasteiger charge is -2.34. The van der Waals surface area contributed by atoms with Crippen LogP contribution >= 0.6 is 7.14 Å². The number of aliphatic hydroxyl groups is 1. The Morgan fingerprint density at radius 3 is 2.07 bits per heavy atom. The van der Waals surface area contributed by atoms with Gasteiger partial charge in [-0.25, -0.2) is 0 Å². The monoisotopic (exact) mass is 207 g/mol. The second-order valence-electron chi connectivity index (χ2n) is 4.52. The molecule has 1 unspecified atom stereocenters. The van der Waals surface area contributed by atoms with Gasteiger partial charge in [0.25, 0.3) is 0 Å². The normalized spacial score (nSPS) is 16.3. The lowest BCUT2D eigenvalue weighted by Crippen LogP contribution is -2.30. The highest BCUT2D eigenvalue weighted by atomic mass is 31.2. The molecule has 0 amide bonds. The summed E-state index contributed by atoms with van der Waals surface area (Å²) in [5.74, 6) is 0. The molecule has 1 aromatic carbocycles. The SMILES string of the molecule is [B][P+](CO)(c1ccccc1)C(C)(C)C. The quantitative estimate of drug-likeness (QED) is 0.581. The second kappa shape index (κ2) is 4.04. The number of rotatable bonds is 2. The van der Waals surface area contributed by atoms with Crippen LogP contribution in [0.2, 0.25) is 0 Å². The summed E-state index contributed by atoms with van der Waals surface area (Å²) >= 11 is 0. The van der Waals surface area contributed by atoms with Crippen molar-refractivity contribution in [2.24, 2.45) is 0 Å². The van der Waals surface area contributed by atoms with E-state index in [4.69, 9.17) is 7.57 Å². The Bertz CT molecular complexity index is 294. The molecule has 0 bridgehead atoms. The van der Waals surface area contributed by atoms with Gasteiger partial charge in [0.1, 0.15) is 6.35 Å². The summed E-state index contributed by atoms with van der Waals surface area (Å²) in [6.07, 6.45) is 0.0700. The van der Waals surface area contributed by atoms with E-state index in [0.29, 0.717) is 0 Å². The van der Waals surface area contributed by atoms with E-state index in [1.807, 2.05) is 30.3 Å². The third-order valence-corrected chi connectivity index (χ3v) is 6.70. The maximum atomic E-state index is 9.50. The molecule has 0 heterocycles. The van der Waals surface area contributed by atoms with E-state index in [1.54, 1.807) is 0 Å². The van der Waals surface area contributed by atoms with Gasteiger partial charge in [0, 0.05) is 7.14 Å². The van der Waals surface area contributed by atoms with Crippen LogP contribution in [-0.4, -0.2) is 24.2 Å². The topological polar surface area (TPSA) is 20.2 Å². The van der Waals surface area contributed by atoms with Crippen molar-refractivity contribution in [3.05, 3.63) is 30.3 Å². The van der Waals surface area contributed by atoms with Gasteiger partial charge >= 0.3 is 7.57 Å². The Morgan fingerprint density at radius 1 is 1.21 bits per heavy atom. The number of hydrogen-bond acceptors (Lipinski definition) is 1. The highest BCUT2D eigenvalue weighted by Gasteiger charge is 2.45. The Morgan fingerprint density at radius 2 is 1.71 bits per heavy atom. The Balaban J connectivity index is 3.15. The van der Waals surface area contributed by atoms with Crippen LogP contribution in [0.25, 0.3) is 0 Å². The standard InChI is InChI=1S/C11H17BOP/c1-11(2,3)14(12,9-13)10-7-5-4-6-8-10/h4-8,13H,9H2,1-3H3/q+1. The zero-order chi connectivity index (χ0) is 10.8. The number of benzene rings is 1. The molecule has 0 aliphatic heterocycles. The third-order valence-electron chi connectivity index (χ3n) is 2.64. The van der Waals surface area contributed by atoms with Crippen molar-refractivity contribution in [1.82, 2.24) is 0 Å². The van der Waals surface area contributed by atoms with Gasteiger partial charge < -0.3 is 5.11 Å². The molecule has 1 nitrogen and oxygen atoms in total. The van der Waals surface area contributed by atoms with Gasteiger partial charge in [-0.1, -0.05) is 18.2 Å². The van der Waals surface area contributed by atoms with Crippen LogP contribution in [0, 0.1) is 0 Å². The van der Waals surface area contributed by atoms with Crippen molar-refractivity contribution >= 4 is 20.0 Å². The van der Waals surface area contributed by atoms with Gasteiger partial charge in [-0.05, 0) is 32.9 Å². The second-order valence-corrected chi connectivity index (χ2v) is 8.40. The van der Waals surface area contributed by atoms with Crippen LogP contribution in [0.4, 0.5) is 0 Å². The molecule has 1 aromatic rings. The molecule has 0 fully saturated rings. The summed E-state index contributed by atoms with van der Waals surface area (Å²) in [6, 6.07) is 9.93. The summed E-state index contributed by atoms with van der Waals surface area (Å²) in [7, 11) is 4.43. The Labute approximate surface area is 88.2 Å². The number of aliphatic hydroxyl groups excluding tert-OH is 1. The molecule has 0 saturated heterocycles. The first-order valence-electron chi connectivity index (χ1n) is 4.75. The molecular weight excluding hydrogens is 190 g/mol. The van der Waals surface area contributed by atoms with E-state index < -0.39 is 7.14 Å². The highest BCUT2D eigenvalue weighted by molar-refractivity contribution is 8.04. The predicted molar refractivity (Wildman–Crippen MR) is 65.6 cm³/mol. The highest BCUT2D eigenvalue weighted by Crippen LogP contribution is 2.62. The third kappa shape index (κ3) is 2.02. The molecule has 1 rings (SSSR count). The van der Waals surface area contributed by atoms with E-state index in [-0.39, 0.29) is 11.5 Å². The molecule has 74 valence electrons. The summed E-state index contributed by atoms with van der Waals surface area (Å²) < 4.78 is 0. The van der Waals surface area contributed by atoms with Crippen molar-refractivity contribution < 1.29 is 5.11 Å². The minimum Gasteiger partial charge on any atom is -0.363 e. The van der Waals surface area contributed by atoms with E-state index in [1.165, 1.54) is 0 Å².